The first-order chi connectivity index (χ1) is 11.3. The van der Waals surface area contributed by atoms with Crippen molar-refractivity contribution in [3.8, 4) is 0 Å². The quantitative estimate of drug-likeness (QED) is 0.154. The Hall–Kier alpha value is -0.860. The molecule has 1 heterocycles. The summed E-state index contributed by atoms with van der Waals surface area (Å²) in [5, 5.41) is 76.4. The van der Waals surface area contributed by atoms with Gasteiger partial charge in [0.2, 0.25) is 0 Å². The van der Waals surface area contributed by atoms with Gasteiger partial charge >= 0.3 is 0 Å². The summed E-state index contributed by atoms with van der Waals surface area (Å²) in [4.78, 5) is 0. The number of hydrogen-bond acceptors (Lipinski definition) is 11. The van der Waals surface area contributed by atoms with E-state index in [1.807, 2.05) is 0 Å². The number of rotatable bonds is 8. The van der Waals surface area contributed by atoms with Crippen LogP contribution in [0.1, 0.15) is 0 Å². The normalized spacial score (nSPS) is 35.4. The van der Waals surface area contributed by atoms with Crippen molar-refractivity contribution < 1.29 is 55.1 Å². The summed E-state index contributed by atoms with van der Waals surface area (Å²) in [5.41, 5.74) is 0. The average molecular weight is 356 g/mol. The number of aliphatic hydroxyl groups excluding tert-OH is 8. The molecule has 0 amide bonds. The van der Waals surface area contributed by atoms with Crippen molar-refractivity contribution in [2.75, 3.05) is 20.3 Å². The van der Waals surface area contributed by atoms with E-state index in [-0.39, 0.29) is 5.76 Å². The summed E-state index contributed by atoms with van der Waals surface area (Å²) in [6, 6.07) is 0. The van der Waals surface area contributed by atoms with Crippen LogP contribution in [0.4, 0.5) is 0 Å². The van der Waals surface area contributed by atoms with Gasteiger partial charge in [0.25, 0.3) is 0 Å². The zero-order chi connectivity index (χ0) is 18.4. The molecule has 1 aliphatic rings. The number of aliphatic hydroxyl groups is 8. The maximum absolute atomic E-state index is 9.88. The van der Waals surface area contributed by atoms with Crippen molar-refractivity contribution in [3.05, 3.63) is 11.8 Å². The standard InChI is InChI=1S/C13H24O11/c1-22-5(2-3-14)7(16)9(18)13(21)24-11-6(4-15)23-12(20)10(19)8(11)17/h2,6-21H,3-4H2,1H3/b5-2-/t6?,7?,8?,9-,10-,11+,12-,13+/m0/s1. The fourth-order valence-electron chi connectivity index (χ4n) is 2.22. The van der Waals surface area contributed by atoms with Crippen molar-refractivity contribution in [1.29, 1.82) is 0 Å². The molecule has 11 heteroatoms. The Bertz CT molecular complexity index is 401. The SMILES string of the molecule is CO/C(=C\CO)C(O)[C@H](O)[C@H](O)O[C@@H]1C(CO)O[C@H](O)[C@@H](O)C1O. The molecule has 1 fully saturated rings. The Kier molecular flexibility index (Phi) is 8.45. The predicted octanol–water partition coefficient (Wildman–Crippen LogP) is -4.63. The zero-order valence-corrected chi connectivity index (χ0v) is 12.9. The lowest BCUT2D eigenvalue weighted by Gasteiger charge is -2.41. The lowest BCUT2D eigenvalue weighted by molar-refractivity contribution is -0.323. The van der Waals surface area contributed by atoms with Crippen molar-refractivity contribution in [3.63, 3.8) is 0 Å². The molecule has 0 bridgehead atoms. The van der Waals surface area contributed by atoms with Crippen molar-refractivity contribution in [2.24, 2.45) is 0 Å². The molecule has 1 saturated heterocycles. The number of methoxy groups -OCH3 is 1. The highest BCUT2D eigenvalue weighted by molar-refractivity contribution is 5.03. The Morgan fingerprint density at radius 1 is 1.12 bits per heavy atom. The third-order valence-corrected chi connectivity index (χ3v) is 3.57. The van der Waals surface area contributed by atoms with E-state index in [1.54, 1.807) is 0 Å². The Balaban J connectivity index is 2.80. The predicted molar refractivity (Wildman–Crippen MR) is 75.1 cm³/mol. The highest BCUT2D eigenvalue weighted by Gasteiger charge is 2.46. The van der Waals surface area contributed by atoms with E-state index in [2.05, 4.69) is 0 Å². The third-order valence-electron chi connectivity index (χ3n) is 3.57. The molecule has 8 atom stereocenters. The van der Waals surface area contributed by atoms with Gasteiger partial charge in [0, 0.05) is 0 Å². The second kappa shape index (κ2) is 9.58. The fraction of sp³-hybridized carbons (Fsp3) is 0.846. The van der Waals surface area contributed by atoms with E-state index in [4.69, 9.17) is 19.3 Å². The molecule has 0 aromatic rings. The van der Waals surface area contributed by atoms with Gasteiger partial charge in [-0.3, -0.25) is 0 Å². The van der Waals surface area contributed by atoms with Crippen LogP contribution in [0.2, 0.25) is 0 Å². The molecule has 24 heavy (non-hydrogen) atoms. The van der Waals surface area contributed by atoms with Gasteiger partial charge in [-0.05, 0) is 6.08 Å². The molecule has 0 aliphatic carbocycles. The van der Waals surface area contributed by atoms with Crippen LogP contribution in [-0.2, 0) is 14.2 Å². The van der Waals surface area contributed by atoms with Crippen LogP contribution in [0, 0.1) is 0 Å². The molecule has 142 valence electrons. The zero-order valence-electron chi connectivity index (χ0n) is 12.9. The number of ether oxygens (including phenoxy) is 3. The van der Waals surface area contributed by atoms with Gasteiger partial charge in [-0.1, -0.05) is 0 Å². The van der Waals surface area contributed by atoms with Gasteiger partial charge < -0.3 is 55.1 Å². The summed E-state index contributed by atoms with van der Waals surface area (Å²) in [6.45, 7) is -1.21. The summed E-state index contributed by atoms with van der Waals surface area (Å²) in [6.07, 6.45) is -12.8. The molecule has 0 aromatic carbocycles. The first kappa shape index (κ1) is 21.2. The highest BCUT2D eigenvalue weighted by Crippen LogP contribution is 2.24. The largest absolute Gasteiger partial charge is 0.498 e. The van der Waals surface area contributed by atoms with Crippen LogP contribution in [0.3, 0.4) is 0 Å². The minimum Gasteiger partial charge on any atom is -0.498 e. The van der Waals surface area contributed by atoms with Crippen LogP contribution in [-0.4, -0.2) is 110 Å². The summed E-state index contributed by atoms with van der Waals surface area (Å²) < 4.78 is 14.5. The van der Waals surface area contributed by atoms with Gasteiger partial charge in [-0.15, -0.1) is 0 Å². The first-order valence-corrected chi connectivity index (χ1v) is 7.13. The first-order valence-electron chi connectivity index (χ1n) is 7.13. The van der Waals surface area contributed by atoms with Crippen LogP contribution in [0.25, 0.3) is 0 Å². The van der Waals surface area contributed by atoms with Crippen LogP contribution in [0.5, 0.6) is 0 Å². The lowest BCUT2D eigenvalue weighted by atomic mass is 9.99. The minimum absolute atomic E-state index is 0.234. The Labute approximate surface area is 137 Å². The van der Waals surface area contributed by atoms with Gasteiger partial charge in [-0.2, -0.15) is 0 Å². The van der Waals surface area contributed by atoms with E-state index in [1.165, 1.54) is 7.11 Å². The molecule has 0 spiro atoms. The second-order valence-corrected chi connectivity index (χ2v) is 5.15. The van der Waals surface area contributed by atoms with E-state index < -0.39 is 62.4 Å². The molecule has 0 saturated carbocycles. The molecule has 8 N–H and O–H groups in total. The fourth-order valence-corrected chi connectivity index (χ4v) is 2.22. The Morgan fingerprint density at radius 3 is 2.25 bits per heavy atom. The molecular formula is C13H24O11. The molecular weight excluding hydrogens is 332 g/mol. The molecule has 3 unspecified atom stereocenters. The minimum atomic E-state index is -2.07. The molecule has 1 aliphatic heterocycles. The smallest absolute Gasteiger partial charge is 0.184 e. The van der Waals surface area contributed by atoms with E-state index in [0.717, 1.165) is 6.08 Å². The van der Waals surface area contributed by atoms with Gasteiger partial charge in [0.15, 0.2) is 12.6 Å². The van der Waals surface area contributed by atoms with Crippen molar-refractivity contribution in [2.45, 2.75) is 49.2 Å². The van der Waals surface area contributed by atoms with E-state index in [9.17, 15) is 35.7 Å². The maximum Gasteiger partial charge on any atom is 0.184 e. The monoisotopic (exact) mass is 356 g/mol. The topological polar surface area (TPSA) is 190 Å². The summed E-state index contributed by atoms with van der Waals surface area (Å²) >= 11 is 0. The van der Waals surface area contributed by atoms with Crippen LogP contribution in [0.15, 0.2) is 11.8 Å². The lowest BCUT2D eigenvalue weighted by Crippen LogP contribution is -2.61. The maximum atomic E-state index is 9.88. The van der Waals surface area contributed by atoms with Gasteiger partial charge in [0.1, 0.15) is 42.4 Å². The van der Waals surface area contributed by atoms with Crippen molar-refractivity contribution >= 4 is 0 Å². The third kappa shape index (κ3) is 4.83. The van der Waals surface area contributed by atoms with Crippen molar-refractivity contribution in [1.82, 2.24) is 0 Å². The second-order valence-electron chi connectivity index (χ2n) is 5.15. The average Bonchev–Trinajstić information content (AvgIpc) is 2.58. The summed E-state index contributed by atoms with van der Waals surface area (Å²) in [5.74, 6) is -0.234. The van der Waals surface area contributed by atoms with Gasteiger partial charge in [0.05, 0.1) is 20.3 Å². The molecule has 0 aromatic heterocycles. The van der Waals surface area contributed by atoms with Crippen LogP contribution >= 0.6 is 0 Å². The van der Waals surface area contributed by atoms with Gasteiger partial charge in [-0.25, -0.2) is 0 Å². The molecule has 1 rings (SSSR count). The van der Waals surface area contributed by atoms with E-state index >= 15 is 0 Å². The molecule has 11 nitrogen and oxygen atoms in total. The van der Waals surface area contributed by atoms with E-state index in [0.29, 0.717) is 0 Å². The Morgan fingerprint density at radius 2 is 1.75 bits per heavy atom. The summed E-state index contributed by atoms with van der Waals surface area (Å²) in [7, 11) is 1.17. The van der Waals surface area contributed by atoms with Crippen LogP contribution < -0.4 is 0 Å². The molecule has 0 radical (unpaired) electrons. The highest BCUT2D eigenvalue weighted by atomic mass is 16.7. The number of hydrogen-bond donors (Lipinski definition) is 8.